The number of aryl methyl sites for hydroxylation is 2. The first-order valence-electron chi connectivity index (χ1n) is 6.35. The zero-order chi connectivity index (χ0) is 14.1. The molecule has 20 heavy (non-hydrogen) atoms. The fraction of sp³-hybridized carbons (Fsp3) is 0.200. The van der Waals surface area contributed by atoms with E-state index in [-0.39, 0.29) is 0 Å². The summed E-state index contributed by atoms with van der Waals surface area (Å²) in [6, 6.07) is 10.1. The Morgan fingerprint density at radius 3 is 2.85 bits per heavy atom. The van der Waals surface area contributed by atoms with Gasteiger partial charge in [-0.2, -0.15) is 0 Å². The molecule has 0 saturated carbocycles. The maximum Gasteiger partial charge on any atom is 0.164 e. The predicted molar refractivity (Wildman–Crippen MR) is 83.0 cm³/mol. The average Bonchev–Trinajstić information content (AvgIpc) is 2.76. The summed E-state index contributed by atoms with van der Waals surface area (Å²) in [5, 5.41) is 0.587. The summed E-state index contributed by atoms with van der Waals surface area (Å²) in [4.78, 5) is 9.02. The Morgan fingerprint density at radius 1 is 1.25 bits per heavy atom. The third-order valence-electron chi connectivity index (χ3n) is 3.11. The second-order valence-electron chi connectivity index (χ2n) is 4.64. The molecular formula is C15H13Cl2N3. The van der Waals surface area contributed by atoms with Crippen LogP contribution < -0.4 is 0 Å². The van der Waals surface area contributed by atoms with E-state index in [0.717, 1.165) is 22.7 Å². The number of hydrogen-bond donors (Lipinski definition) is 0. The van der Waals surface area contributed by atoms with Crippen LogP contribution in [0.1, 0.15) is 11.4 Å². The van der Waals surface area contributed by atoms with Gasteiger partial charge in [0.05, 0.1) is 5.02 Å². The lowest BCUT2D eigenvalue weighted by Gasteiger charge is -2.08. The van der Waals surface area contributed by atoms with Crippen molar-refractivity contribution in [3.63, 3.8) is 0 Å². The van der Waals surface area contributed by atoms with Crippen LogP contribution in [0.25, 0.3) is 16.9 Å². The molecule has 2 aromatic heterocycles. The number of hydrogen-bond acceptors (Lipinski definition) is 2. The lowest BCUT2D eigenvalue weighted by molar-refractivity contribution is 0.904. The van der Waals surface area contributed by atoms with Gasteiger partial charge in [-0.3, -0.25) is 4.57 Å². The van der Waals surface area contributed by atoms with E-state index in [4.69, 9.17) is 23.2 Å². The van der Waals surface area contributed by atoms with E-state index in [0.29, 0.717) is 17.3 Å². The van der Waals surface area contributed by atoms with Crippen molar-refractivity contribution >= 4 is 34.4 Å². The van der Waals surface area contributed by atoms with Gasteiger partial charge in [0.25, 0.3) is 0 Å². The Bertz CT molecular complexity index is 765. The van der Waals surface area contributed by atoms with Crippen molar-refractivity contribution in [2.75, 3.05) is 5.88 Å². The van der Waals surface area contributed by atoms with Crippen molar-refractivity contribution in [2.45, 2.75) is 13.3 Å². The third kappa shape index (κ3) is 2.39. The number of rotatable bonds is 3. The van der Waals surface area contributed by atoms with E-state index in [2.05, 4.69) is 29.0 Å². The van der Waals surface area contributed by atoms with Crippen LogP contribution in [0.2, 0.25) is 5.02 Å². The minimum absolute atomic E-state index is 0.517. The summed E-state index contributed by atoms with van der Waals surface area (Å²) >= 11 is 11.9. The lowest BCUT2D eigenvalue weighted by atomic mass is 10.2. The fourth-order valence-electron chi connectivity index (χ4n) is 2.28. The van der Waals surface area contributed by atoms with E-state index in [1.165, 1.54) is 5.56 Å². The highest BCUT2D eigenvalue weighted by Gasteiger charge is 2.13. The molecule has 1 aromatic carbocycles. The first-order valence-corrected chi connectivity index (χ1v) is 7.26. The van der Waals surface area contributed by atoms with Gasteiger partial charge in [-0.25, -0.2) is 9.97 Å². The lowest BCUT2D eigenvalue weighted by Crippen LogP contribution is -2.03. The van der Waals surface area contributed by atoms with Gasteiger partial charge in [-0.05, 0) is 30.7 Å². The highest BCUT2D eigenvalue weighted by Crippen LogP contribution is 2.23. The van der Waals surface area contributed by atoms with Crippen molar-refractivity contribution in [3.05, 3.63) is 52.9 Å². The van der Waals surface area contributed by atoms with Crippen molar-refractivity contribution in [2.24, 2.45) is 0 Å². The van der Waals surface area contributed by atoms with Gasteiger partial charge in [0, 0.05) is 24.2 Å². The first kappa shape index (κ1) is 13.4. The van der Waals surface area contributed by atoms with Gasteiger partial charge in [0.1, 0.15) is 11.3 Å². The highest BCUT2D eigenvalue weighted by molar-refractivity contribution is 6.31. The number of pyridine rings is 1. The summed E-state index contributed by atoms with van der Waals surface area (Å²) in [6.45, 7) is 2.06. The molecule has 102 valence electrons. The van der Waals surface area contributed by atoms with Crippen LogP contribution in [0.4, 0.5) is 0 Å². The van der Waals surface area contributed by atoms with Crippen LogP contribution in [0.3, 0.4) is 0 Å². The summed E-state index contributed by atoms with van der Waals surface area (Å²) in [5.74, 6) is 1.42. The number of benzene rings is 1. The summed E-state index contributed by atoms with van der Waals surface area (Å²) < 4.78 is 2.04. The van der Waals surface area contributed by atoms with Crippen LogP contribution in [-0.2, 0) is 6.42 Å². The van der Waals surface area contributed by atoms with Crippen LogP contribution in [0.15, 0.2) is 36.5 Å². The predicted octanol–water partition coefficient (Wildman–Crippen LogP) is 4.16. The van der Waals surface area contributed by atoms with Crippen LogP contribution in [-0.4, -0.2) is 20.4 Å². The summed E-state index contributed by atoms with van der Waals surface area (Å²) in [5.41, 5.74) is 3.83. The van der Waals surface area contributed by atoms with E-state index >= 15 is 0 Å². The quantitative estimate of drug-likeness (QED) is 0.680. The van der Waals surface area contributed by atoms with E-state index in [9.17, 15) is 0 Å². The minimum atomic E-state index is 0.517. The van der Waals surface area contributed by atoms with Gasteiger partial charge >= 0.3 is 0 Å². The van der Waals surface area contributed by atoms with Gasteiger partial charge in [-0.15, -0.1) is 11.6 Å². The van der Waals surface area contributed by atoms with Gasteiger partial charge in [0.15, 0.2) is 5.65 Å². The maximum absolute atomic E-state index is 5.99. The molecule has 2 heterocycles. The average molecular weight is 306 g/mol. The van der Waals surface area contributed by atoms with Crippen LogP contribution in [0.5, 0.6) is 0 Å². The van der Waals surface area contributed by atoms with Crippen LogP contribution >= 0.6 is 23.2 Å². The van der Waals surface area contributed by atoms with E-state index in [1.54, 1.807) is 6.20 Å². The van der Waals surface area contributed by atoms with Crippen molar-refractivity contribution < 1.29 is 0 Å². The SMILES string of the molecule is Cc1cccc(-n2c(CCCl)nc3cc(Cl)cnc32)c1. The number of imidazole rings is 1. The topological polar surface area (TPSA) is 30.7 Å². The molecule has 0 unspecified atom stereocenters. The number of halogens is 2. The molecule has 3 rings (SSSR count). The Morgan fingerprint density at radius 2 is 2.10 bits per heavy atom. The maximum atomic E-state index is 5.99. The second-order valence-corrected chi connectivity index (χ2v) is 5.45. The molecule has 0 saturated heterocycles. The van der Waals surface area contributed by atoms with E-state index < -0.39 is 0 Å². The van der Waals surface area contributed by atoms with Gasteiger partial charge < -0.3 is 0 Å². The Hall–Kier alpha value is -1.58. The molecule has 0 aliphatic rings. The molecular weight excluding hydrogens is 293 g/mol. The minimum Gasteiger partial charge on any atom is -0.281 e. The Labute approximate surface area is 127 Å². The summed E-state index contributed by atoms with van der Waals surface area (Å²) in [7, 11) is 0. The Kier molecular flexibility index (Phi) is 3.64. The zero-order valence-electron chi connectivity index (χ0n) is 11.0. The third-order valence-corrected chi connectivity index (χ3v) is 3.51. The van der Waals surface area contributed by atoms with Gasteiger partial charge in [0.2, 0.25) is 0 Å². The van der Waals surface area contributed by atoms with Crippen molar-refractivity contribution in [1.29, 1.82) is 0 Å². The molecule has 0 fully saturated rings. The molecule has 0 spiro atoms. The number of aromatic nitrogens is 3. The molecule has 0 N–H and O–H groups in total. The standard InChI is InChI=1S/C15H13Cl2N3/c1-10-3-2-4-12(7-10)20-14(5-6-16)19-13-8-11(17)9-18-15(13)20/h2-4,7-9H,5-6H2,1H3. The number of nitrogens with zero attached hydrogens (tertiary/aromatic N) is 3. The van der Waals surface area contributed by atoms with Gasteiger partial charge in [-0.1, -0.05) is 23.7 Å². The van der Waals surface area contributed by atoms with Crippen molar-refractivity contribution in [1.82, 2.24) is 14.5 Å². The smallest absolute Gasteiger partial charge is 0.164 e. The monoisotopic (exact) mass is 305 g/mol. The fourth-order valence-corrected chi connectivity index (χ4v) is 2.60. The first-order chi connectivity index (χ1) is 9.69. The molecule has 0 atom stereocenters. The van der Waals surface area contributed by atoms with Crippen LogP contribution in [0, 0.1) is 6.92 Å². The number of fused-ring (bicyclic) bond motifs is 1. The molecule has 0 radical (unpaired) electrons. The highest BCUT2D eigenvalue weighted by atomic mass is 35.5. The second kappa shape index (κ2) is 5.43. The number of alkyl halides is 1. The molecule has 0 aliphatic carbocycles. The molecule has 0 aliphatic heterocycles. The normalized spacial score (nSPS) is 11.2. The molecule has 3 nitrogen and oxygen atoms in total. The van der Waals surface area contributed by atoms with E-state index in [1.807, 2.05) is 22.8 Å². The molecule has 5 heteroatoms. The molecule has 3 aromatic rings. The molecule has 0 bridgehead atoms. The molecule has 0 amide bonds. The van der Waals surface area contributed by atoms with Crippen molar-refractivity contribution in [3.8, 4) is 5.69 Å². The summed E-state index contributed by atoms with van der Waals surface area (Å²) in [6.07, 6.45) is 2.33. The zero-order valence-corrected chi connectivity index (χ0v) is 12.5. The Balaban J connectivity index is 2.28. The largest absolute Gasteiger partial charge is 0.281 e.